The lowest BCUT2D eigenvalue weighted by Crippen LogP contribution is -2.41. The van der Waals surface area contributed by atoms with Crippen LogP contribution < -0.4 is 5.32 Å². The Hall–Kier alpha value is -0.0800. The molecular formula is C8H17NO. The van der Waals surface area contributed by atoms with Crippen LogP contribution in [0.2, 0.25) is 0 Å². The highest BCUT2D eigenvalue weighted by molar-refractivity contribution is 4.76. The maximum Gasteiger partial charge on any atom is 0.0696 e. The van der Waals surface area contributed by atoms with Crippen LogP contribution >= 0.6 is 0 Å². The quantitative estimate of drug-likeness (QED) is 0.626. The molecule has 60 valence electrons. The molecule has 0 aromatic carbocycles. The van der Waals surface area contributed by atoms with Crippen LogP contribution in [0.3, 0.4) is 0 Å². The van der Waals surface area contributed by atoms with Gasteiger partial charge in [-0.05, 0) is 19.3 Å². The number of hydrogen-bond donors (Lipinski definition) is 1. The molecule has 0 spiro atoms. The van der Waals surface area contributed by atoms with Crippen LogP contribution in [0.15, 0.2) is 0 Å². The molecule has 1 saturated heterocycles. The van der Waals surface area contributed by atoms with Crippen LogP contribution in [0, 0.1) is 0 Å². The SMILES string of the molecule is CCC1CCC(OC)CN1. The van der Waals surface area contributed by atoms with Gasteiger partial charge in [0.15, 0.2) is 0 Å². The molecule has 1 aliphatic heterocycles. The lowest BCUT2D eigenvalue weighted by Gasteiger charge is -2.28. The third-order valence-corrected chi connectivity index (χ3v) is 2.30. The van der Waals surface area contributed by atoms with Gasteiger partial charge in [-0.15, -0.1) is 0 Å². The van der Waals surface area contributed by atoms with Crippen molar-refractivity contribution < 1.29 is 4.74 Å². The molecule has 1 fully saturated rings. The Labute approximate surface area is 63.0 Å². The van der Waals surface area contributed by atoms with E-state index in [0.29, 0.717) is 6.10 Å². The molecular weight excluding hydrogens is 126 g/mol. The average molecular weight is 143 g/mol. The van der Waals surface area contributed by atoms with Crippen molar-refractivity contribution in [2.75, 3.05) is 13.7 Å². The van der Waals surface area contributed by atoms with E-state index < -0.39 is 0 Å². The maximum atomic E-state index is 5.22. The molecule has 0 aromatic rings. The van der Waals surface area contributed by atoms with Gasteiger partial charge in [0.1, 0.15) is 0 Å². The van der Waals surface area contributed by atoms with Crippen molar-refractivity contribution in [2.45, 2.75) is 38.3 Å². The highest BCUT2D eigenvalue weighted by Gasteiger charge is 2.17. The Bertz CT molecular complexity index is 75.3. The number of methoxy groups -OCH3 is 1. The number of ether oxygens (including phenoxy) is 1. The van der Waals surface area contributed by atoms with Crippen molar-refractivity contribution in [1.29, 1.82) is 0 Å². The van der Waals surface area contributed by atoms with Gasteiger partial charge in [0.2, 0.25) is 0 Å². The zero-order valence-electron chi connectivity index (χ0n) is 6.89. The van der Waals surface area contributed by atoms with Crippen LogP contribution in [-0.2, 0) is 4.74 Å². The average Bonchev–Trinajstić information content (AvgIpc) is 2.05. The molecule has 2 nitrogen and oxygen atoms in total. The Kier molecular flexibility index (Phi) is 3.16. The molecule has 1 rings (SSSR count). The number of hydrogen-bond acceptors (Lipinski definition) is 2. The number of nitrogens with one attached hydrogen (secondary N) is 1. The molecule has 0 radical (unpaired) electrons. The smallest absolute Gasteiger partial charge is 0.0696 e. The van der Waals surface area contributed by atoms with Gasteiger partial charge in [-0.1, -0.05) is 6.92 Å². The second-order valence-corrected chi connectivity index (χ2v) is 2.95. The summed E-state index contributed by atoms with van der Waals surface area (Å²) < 4.78 is 5.22. The van der Waals surface area contributed by atoms with E-state index in [1.165, 1.54) is 19.3 Å². The van der Waals surface area contributed by atoms with E-state index in [1.807, 2.05) is 0 Å². The summed E-state index contributed by atoms with van der Waals surface area (Å²) in [7, 11) is 1.79. The molecule has 2 heteroatoms. The molecule has 0 bridgehead atoms. The first-order valence-electron chi connectivity index (χ1n) is 4.13. The van der Waals surface area contributed by atoms with Crippen molar-refractivity contribution in [3.63, 3.8) is 0 Å². The minimum Gasteiger partial charge on any atom is -0.380 e. The number of rotatable bonds is 2. The molecule has 0 aliphatic carbocycles. The van der Waals surface area contributed by atoms with E-state index >= 15 is 0 Å². The Morgan fingerprint density at radius 3 is 2.70 bits per heavy atom. The molecule has 1 heterocycles. The standard InChI is InChI=1S/C8H17NO/c1-3-7-4-5-8(10-2)6-9-7/h7-9H,3-6H2,1-2H3. The van der Waals surface area contributed by atoms with E-state index in [0.717, 1.165) is 12.6 Å². The Morgan fingerprint density at radius 1 is 1.50 bits per heavy atom. The highest BCUT2D eigenvalue weighted by Crippen LogP contribution is 2.11. The maximum absolute atomic E-state index is 5.22. The Morgan fingerprint density at radius 2 is 2.30 bits per heavy atom. The van der Waals surface area contributed by atoms with Crippen LogP contribution in [0.5, 0.6) is 0 Å². The van der Waals surface area contributed by atoms with Crippen LogP contribution in [-0.4, -0.2) is 25.8 Å². The van der Waals surface area contributed by atoms with Gasteiger partial charge in [0.05, 0.1) is 6.10 Å². The summed E-state index contributed by atoms with van der Waals surface area (Å²) in [5.41, 5.74) is 0. The van der Waals surface area contributed by atoms with Crippen molar-refractivity contribution in [2.24, 2.45) is 0 Å². The van der Waals surface area contributed by atoms with E-state index in [4.69, 9.17) is 4.74 Å². The zero-order chi connectivity index (χ0) is 7.40. The molecule has 0 amide bonds. The summed E-state index contributed by atoms with van der Waals surface area (Å²) in [4.78, 5) is 0. The third-order valence-electron chi connectivity index (χ3n) is 2.30. The van der Waals surface area contributed by atoms with Gasteiger partial charge in [-0.25, -0.2) is 0 Å². The monoisotopic (exact) mass is 143 g/mol. The van der Waals surface area contributed by atoms with E-state index in [1.54, 1.807) is 7.11 Å². The Balaban J connectivity index is 2.17. The molecule has 0 aromatic heterocycles. The normalized spacial score (nSPS) is 34.2. The fourth-order valence-corrected chi connectivity index (χ4v) is 1.44. The summed E-state index contributed by atoms with van der Waals surface area (Å²) >= 11 is 0. The minimum atomic E-state index is 0.461. The largest absolute Gasteiger partial charge is 0.380 e. The summed E-state index contributed by atoms with van der Waals surface area (Å²) in [6.07, 6.45) is 4.20. The third kappa shape index (κ3) is 1.96. The summed E-state index contributed by atoms with van der Waals surface area (Å²) in [6.45, 7) is 3.26. The van der Waals surface area contributed by atoms with Gasteiger partial charge in [-0.2, -0.15) is 0 Å². The fourth-order valence-electron chi connectivity index (χ4n) is 1.44. The molecule has 10 heavy (non-hydrogen) atoms. The fraction of sp³-hybridized carbons (Fsp3) is 1.00. The van der Waals surface area contributed by atoms with Crippen molar-refractivity contribution in [3.8, 4) is 0 Å². The van der Waals surface area contributed by atoms with E-state index in [2.05, 4.69) is 12.2 Å². The lowest BCUT2D eigenvalue weighted by molar-refractivity contribution is 0.0701. The van der Waals surface area contributed by atoms with Gasteiger partial charge < -0.3 is 10.1 Å². The first-order valence-corrected chi connectivity index (χ1v) is 4.13. The zero-order valence-corrected chi connectivity index (χ0v) is 6.89. The van der Waals surface area contributed by atoms with Gasteiger partial charge >= 0.3 is 0 Å². The predicted molar refractivity (Wildman–Crippen MR) is 42.1 cm³/mol. The molecule has 1 aliphatic rings. The highest BCUT2D eigenvalue weighted by atomic mass is 16.5. The molecule has 0 saturated carbocycles. The summed E-state index contributed by atoms with van der Waals surface area (Å²) in [5, 5.41) is 3.44. The van der Waals surface area contributed by atoms with Gasteiger partial charge in [0, 0.05) is 19.7 Å². The molecule has 2 unspecified atom stereocenters. The minimum absolute atomic E-state index is 0.461. The van der Waals surface area contributed by atoms with Crippen LogP contribution in [0.25, 0.3) is 0 Å². The first kappa shape index (κ1) is 8.02. The second-order valence-electron chi connectivity index (χ2n) is 2.95. The summed E-state index contributed by atoms with van der Waals surface area (Å²) in [5.74, 6) is 0. The first-order chi connectivity index (χ1) is 4.86. The van der Waals surface area contributed by atoms with Crippen LogP contribution in [0.4, 0.5) is 0 Å². The van der Waals surface area contributed by atoms with Crippen molar-refractivity contribution >= 4 is 0 Å². The lowest BCUT2D eigenvalue weighted by atomic mass is 10.0. The van der Waals surface area contributed by atoms with E-state index in [9.17, 15) is 0 Å². The molecule has 2 atom stereocenters. The summed E-state index contributed by atoms with van der Waals surface area (Å²) in [6, 6.07) is 0.742. The topological polar surface area (TPSA) is 21.3 Å². The van der Waals surface area contributed by atoms with Crippen molar-refractivity contribution in [3.05, 3.63) is 0 Å². The number of piperidine rings is 1. The van der Waals surface area contributed by atoms with Crippen LogP contribution in [0.1, 0.15) is 26.2 Å². The van der Waals surface area contributed by atoms with Gasteiger partial charge in [-0.3, -0.25) is 0 Å². The predicted octanol–water partition coefficient (Wildman–Crippen LogP) is 1.16. The van der Waals surface area contributed by atoms with E-state index in [-0.39, 0.29) is 0 Å². The van der Waals surface area contributed by atoms with Gasteiger partial charge in [0.25, 0.3) is 0 Å². The molecule has 1 N–H and O–H groups in total. The second kappa shape index (κ2) is 3.94. The van der Waals surface area contributed by atoms with Crippen molar-refractivity contribution in [1.82, 2.24) is 5.32 Å².